The monoisotopic (exact) mass is 420 g/mol. The fourth-order valence-electron chi connectivity index (χ4n) is 4.13. The Bertz CT molecular complexity index is 848. The van der Waals surface area contributed by atoms with Gasteiger partial charge >= 0.3 is 12.1 Å². The van der Waals surface area contributed by atoms with E-state index in [2.05, 4.69) is 0 Å². The molecule has 0 aliphatic carbocycles. The minimum Gasteiger partial charge on any atom is -0.493 e. The van der Waals surface area contributed by atoms with Crippen molar-refractivity contribution < 1.29 is 33.7 Å². The van der Waals surface area contributed by atoms with Gasteiger partial charge in [-0.1, -0.05) is 6.07 Å². The summed E-state index contributed by atoms with van der Waals surface area (Å²) in [7, 11) is 3.08. The normalized spacial score (nSPS) is 23.0. The maximum absolute atomic E-state index is 12.9. The molecule has 30 heavy (non-hydrogen) atoms. The highest BCUT2D eigenvalue weighted by Gasteiger charge is 2.60. The first kappa shape index (κ1) is 21.7. The van der Waals surface area contributed by atoms with Crippen LogP contribution in [0.25, 0.3) is 0 Å². The predicted octanol–water partition coefficient (Wildman–Crippen LogP) is 2.12. The molecule has 1 aromatic rings. The van der Waals surface area contributed by atoms with Crippen molar-refractivity contribution in [2.75, 3.05) is 20.8 Å². The van der Waals surface area contributed by atoms with Crippen molar-refractivity contribution in [1.29, 1.82) is 0 Å². The number of amides is 2. The molecule has 9 heteroatoms. The third kappa shape index (κ3) is 4.15. The second-order valence-corrected chi connectivity index (χ2v) is 8.58. The van der Waals surface area contributed by atoms with E-state index in [1.807, 2.05) is 6.07 Å². The lowest BCUT2D eigenvalue weighted by atomic mass is 9.86. The molecule has 0 saturated carbocycles. The Morgan fingerprint density at radius 2 is 1.83 bits per heavy atom. The van der Waals surface area contributed by atoms with Gasteiger partial charge in [0.15, 0.2) is 11.5 Å². The number of nitrogens with zero attached hydrogens (tertiary/aromatic N) is 2. The van der Waals surface area contributed by atoms with E-state index in [9.17, 15) is 19.5 Å². The van der Waals surface area contributed by atoms with Gasteiger partial charge in [0.2, 0.25) is 5.91 Å². The van der Waals surface area contributed by atoms with Gasteiger partial charge in [0.1, 0.15) is 11.6 Å². The summed E-state index contributed by atoms with van der Waals surface area (Å²) >= 11 is 0. The number of likely N-dealkylation sites (tertiary alicyclic amines) is 2. The van der Waals surface area contributed by atoms with Crippen molar-refractivity contribution in [2.45, 2.75) is 51.4 Å². The number of fused-ring (bicyclic) bond motifs is 1. The molecule has 0 spiro atoms. The molecule has 1 unspecified atom stereocenters. The van der Waals surface area contributed by atoms with E-state index >= 15 is 0 Å². The number of ether oxygens (including phenoxy) is 3. The second-order valence-electron chi connectivity index (χ2n) is 8.58. The van der Waals surface area contributed by atoms with Gasteiger partial charge in [-0.25, -0.2) is 4.79 Å². The molecule has 2 amide bonds. The summed E-state index contributed by atoms with van der Waals surface area (Å²) in [6, 6.07) is 4.31. The molecule has 164 valence electrons. The van der Waals surface area contributed by atoms with Crippen molar-refractivity contribution in [3.63, 3.8) is 0 Å². The van der Waals surface area contributed by atoms with E-state index in [0.29, 0.717) is 18.0 Å². The Hall–Kier alpha value is -2.97. The van der Waals surface area contributed by atoms with Crippen LogP contribution in [0.3, 0.4) is 0 Å². The lowest BCUT2D eigenvalue weighted by Gasteiger charge is -2.47. The number of carboxylic acid groups (broad SMARTS) is 1. The summed E-state index contributed by atoms with van der Waals surface area (Å²) < 4.78 is 16.0. The highest BCUT2D eigenvalue weighted by Crippen LogP contribution is 2.41. The number of hydrogen-bond donors (Lipinski definition) is 1. The first-order valence-corrected chi connectivity index (χ1v) is 9.78. The average Bonchev–Trinajstić information content (AvgIpc) is 2.99. The summed E-state index contributed by atoms with van der Waals surface area (Å²) in [6.07, 6.45) is -0.722. The third-order valence-corrected chi connectivity index (χ3v) is 5.34. The molecule has 2 saturated heterocycles. The van der Waals surface area contributed by atoms with Crippen LogP contribution < -0.4 is 9.47 Å². The highest BCUT2D eigenvalue weighted by molar-refractivity contribution is 5.93. The maximum Gasteiger partial charge on any atom is 0.411 e. The first-order chi connectivity index (χ1) is 14.1. The third-order valence-electron chi connectivity index (χ3n) is 5.34. The van der Waals surface area contributed by atoms with Crippen LogP contribution in [0.2, 0.25) is 0 Å². The Morgan fingerprint density at radius 3 is 2.40 bits per heavy atom. The van der Waals surface area contributed by atoms with Gasteiger partial charge in [0, 0.05) is 19.0 Å². The van der Waals surface area contributed by atoms with Gasteiger partial charge in [0.05, 0.1) is 26.7 Å². The maximum atomic E-state index is 12.9. The van der Waals surface area contributed by atoms with Gasteiger partial charge < -0.3 is 24.2 Å². The standard InChI is InChI=1S/C21H28N2O7/c1-21(2,3)30-20(27)23-11-13(9-16(24)25)17-18(23)19(26)22(17)10-12-6-7-14(28-4)15(8-12)29-5/h6-8,13,17-18H,9-11H2,1-5H3,(H,24,25)/t13-,17?,18+/m1/s1. The topological polar surface area (TPSA) is 106 Å². The largest absolute Gasteiger partial charge is 0.493 e. The number of hydrogen-bond acceptors (Lipinski definition) is 6. The van der Waals surface area contributed by atoms with Crippen LogP contribution >= 0.6 is 0 Å². The van der Waals surface area contributed by atoms with Crippen molar-refractivity contribution in [2.24, 2.45) is 5.92 Å². The smallest absolute Gasteiger partial charge is 0.411 e. The van der Waals surface area contributed by atoms with Gasteiger partial charge in [-0.15, -0.1) is 0 Å². The van der Waals surface area contributed by atoms with Crippen LogP contribution in [-0.2, 0) is 20.9 Å². The van der Waals surface area contributed by atoms with Crippen molar-refractivity contribution in [1.82, 2.24) is 9.80 Å². The Labute approximate surface area is 175 Å². The minimum atomic E-state index is -0.963. The van der Waals surface area contributed by atoms with E-state index in [1.54, 1.807) is 44.9 Å². The van der Waals surface area contributed by atoms with Crippen LogP contribution in [0.5, 0.6) is 11.5 Å². The fourth-order valence-corrected chi connectivity index (χ4v) is 4.13. The zero-order valence-electron chi connectivity index (χ0n) is 17.9. The van der Waals surface area contributed by atoms with E-state index in [4.69, 9.17) is 14.2 Å². The number of methoxy groups -OCH3 is 2. The summed E-state index contributed by atoms with van der Waals surface area (Å²) in [6.45, 7) is 5.71. The van der Waals surface area contributed by atoms with Crippen LogP contribution in [0.1, 0.15) is 32.8 Å². The number of benzene rings is 1. The second kappa shape index (κ2) is 8.04. The summed E-state index contributed by atoms with van der Waals surface area (Å²) in [4.78, 5) is 39.9. The Balaban J connectivity index is 1.81. The van der Waals surface area contributed by atoms with Crippen LogP contribution in [-0.4, -0.2) is 71.3 Å². The molecule has 9 nitrogen and oxygen atoms in total. The van der Waals surface area contributed by atoms with Gasteiger partial charge in [-0.2, -0.15) is 0 Å². The first-order valence-electron chi connectivity index (χ1n) is 9.78. The predicted molar refractivity (Wildman–Crippen MR) is 106 cm³/mol. The molecule has 3 atom stereocenters. The number of rotatable bonds is 6. The van der Waals surface area contributed by atoms with Crippen LogP contribution in [0.15, 0.2) is 18.2 Å². The quantitative estimate of drug-likeness (QED) is 0.703. The highest BCUT2D eigenvalue weighted by atomic mass is 16.6. The zero-order valence-corrected chi connectivity index (χ0v) is 17.9. The summed E-state index contributed by atoms with van der Waals surface area (Å²) in [5.41, 5.74) is 0.119. The lowest BCUT2D eigenvalue weighted by Crippen LogP contribution is -2.67. The molecule has 1 N–H and O–H groups in total. The molecule has 2 aliphatic heterocycles. The van der Waals surface area contributed by atoms with Crippen molar-refractivity contribution in [3.05, 3.63) is 23.8 Å². The van der Waals surface area contributed by atoms with Gasteiger partial charge in [-0.05, 0) is 38.5 Å². The average molecular weight is 420 g/mol. The molecular weight excluding hydrogens is 392 g/mol. The minimum absolute atomic E-state index is 0.129. The number of carbonyl (C=O) groups excluding carboxylic acids is 2. The summed E-state index contributed by atoms with van der Waals surface area (Å²) in [5.74, 6) is -0.417. The van der Waals surface area contributed by atoms with Gasteiger partial charge in [0.25, 0.3) is 0 Å². The molecule has 1 aromatic carbocycles. The van der Waals surface area contributed by atoms with Crippen molar-refractivity contribution >= 4 is 18.0 Å². The van der Waals surface area contributed by atoms with Crippen LogP contribution in [0, 0.1) is 5.92 Å². The molecule has 3 rings (SSSR count). The van der Waals surface area contributed by atoms with Crippen molar-refractivity contribution in [3.8, 4) is 11.5 Å². The molecule has 0 bridgehead atoms. The molecule has 2 fully saturated rings. The van der Waals surface area contributed by atoms with E-state index in [1.165, 1.54) is 12.0 Å². The number of β-lactam (4-membered cyclic amide) rings is 1. The SMILES string of the molecule is COc1ccc(CN2C(=O)[C@@H]3C2[C@H](CC(=O)O)CN3C(=O)OC(C)(C)C)cc1OC. The molecule has 2 aliphatic rings. The summed E-state index contributed by atoms with van der Waals surface area (Å²) in [5, 5.41) is 9.31. The van der Waals surface area contributed by atoms with Gasteiger partial charge in [-0.3, -0.25) is 14.5 Å². The van der Waals surface area contributed by atoms with Crippen LogP contribution in [0.4, 0.5) is 4.79 Å². The van der Waals surface area contributed by atoms with E-state index < -0.39 is 23.7 Å². The van der Waals surface area contributed by atoms with E-state index in [0.717, 1.165) is 5.56 Å². The number of carbonyl (C=O) groups is 3. The Morgan fingerprint density at radius 1 is 1.17 bits per heavy atom. The molecule has 0 aromatic heterocycles. The zero-order chi connectivity index (χ0) is 22.2. The molecule has 2 heterocycles. The molecular formula is C21H28N2O7. The lowest BCUT2D eigenvalue weighted by molar-refractivity contribution is -0.157. The molecule has 0 radical (unpaired) electrons. The fraction of sp³-hybridized carbons (Fsp3) is 0.571. The Kier molecular flexibility index (Phi) is 5.83. The van der Waals surface area contributed by atoms with E-state index in [-0.39, 0.29) is 30.8 Å². The number of carboxylic acids is 1. The number of aliphatic carboxylic acids is 1.